The molecule has 1 aromatic heterocycles. The summed E-state index contributed by atoms with van der Waals surface area (Å²) in [6.45, 7) is 5.21. The van der Waals surface area contributed by atoms with Crippen LogP contribution in [0.5, 0.6) is 5.75 Å². The molecule has 3 aromatic rings. The van der Waals surface area contributed by atoms with Crippen molar-refractivity contribution in [3.05, 3.63) is 59.2 Å². The summed E-state index contributed by atoms with van der Waals surface area (Å²) in [5.74, 6) is 0.793. The van der Waals surface area contributed by atoms with Crippen molar-refractivity contribution >= 4 is 11.7 Å². The molecule has 1 aliphatic carbocycles. The number of nitrogens with zero attached hydrogens (tertiary/aromatic N) is 3. The first-order chi connectivity index (χ1) is 16.3. The Hall–Kier alpha value is -4.00. The number of nitriles is 1. The summed E-state index contributed by atoms with van der Waals surface area (Å²) >= 11 is 0. The number of rotatable bonds is 7. The molecule has 0 saturated heterocycles. The summed E-state index contributed by atoms with van der Waals surface area (Å²) in [6.07, 6.45) is 1.19. The molecule has 0 bridgehead atoms. The number of esters is 1. The predicted molar refractivity (Wildman–Crippen MR) is 123 cm³/mol. The quantitative estimate of drug-likeness (QED) is 0.508. The molecule has 9 nitrogen and oxygen atoms in total. The van der Waals surface area contributed by atoms with E-state index < -0.39 is 18.1 Å². The van der Waals surface area contributed by atoms with Crippen LogP contribution in [0.3, 0.4) is 0 Å². The molecule has 0 amide bonds. The highest BCUT2D eigenvalue weighted by Crippen LogP contribution is 2.36. The Balaban J connectivity index is 1.60. The third kappa shape index (κ3) is 4.55. The van der Waals surface area contributed by atoms with E-state index in [2.05, 4.69) is 16.2 Å². The average Bonchev–Trinajstić information content (AvgIpc) is 3.46. The molecule has 34 heavy (non-hydrogen) atoms. The van der Waals surface area contributed by atoms with Gasteiger partial charge >= 0.3 is 5.97 Å². The minimum atomic E-state index is -1.14. The Morgan fingerprint density at radius 3 is 2.71 bits per heavy atom. The Labute approximate surface area is 196 Å². The lowest BCUT2D eigenvalue weighted by Gasteiger charge is -2.15. The molecule has 0 spiro atoms. The number of carbonyl (C=O) groups excluding carboxylic acids is 1. The maximum atomic E-state index is 12.2. The van der Waals surface area contributed by atoms with Crippen molar-refractivity contribution in [2.24, 2.45) is 5.73 Å². The van der Waals surface area contributed by atoms with Crippen LogP contribution in [0.15, 0.2) is 47.0 Å². The van der Waals surface area contributed by atoms with Crippen LogP contribution in [0, 0.1) is 11.3 Å². The lowest BCUT2D eigenvalue weighted by molar-refractivity contribution is -0.140. The zero-order chi connectivity index (χ0) is 24.4. The van der Waals surface area contributed by atoms with Crippen LogP contribution in [0.25, 0.3) is 28.6 Å². The highest BCUT2D eigenvalue weighted by molar-refractivity contribution is 5.86. The summed E-state index contributed by atoms with van der Waals surface area (Å²) in [5, 5.41) is 23.1. The minimum Gasteiger partial charge on any atom is -0.490 e. The van der Waals surface area contributed by atoms with Crippen LogP contribution in [0.1, 0.15) is 37.5 Å². The fraction of sp³-hybridized carbons (Fsp3) is 0.280. The normalized spacial score (nSPS) is 14.2. The standard InChI is InChI=1S/C25H24N4O5/c1-13(2)32-20-9-7-15(11-16(20)12-26)24-28-23(29-34-24)19-6-4-5-18-17(19)8-10-21(18)33-25(31)22(27)14(3)30/h4-7,9-11,13-14,22,30H,8,27H2,1-3H3. The molecule has 9 heteroatoms. The molecule has 4 rings (SSSR count). The van der Waals surface area contributed by atoms with Crippen molar-refractivity contribution in [2.45, 2.75) is 45.4 Å². The van der Waals surface area contributed by atoms with E-state index in [-0.39, 0.29) is 12.0 Å². The van der Waals surface area contributed by atoms with Gasteiger partial charge in [0.1, 0.15) is 23.6 Å². The van der Waals surface area contributed by atoms with Gasteiger partial charge in [0, 0.05) is 16.7 Å². The van der Waals surface area contributed by atoms with Gasteiger partial charge in [0.2, 0.25) is 5.82 Å². The summed E-state index contributed by atoms with van der Waals surface area (Å²) in [4.78, 5) is 16.7. The molecule has 0 aliphatic heterocycles. The number of aliphatic hydroxyl groups is 1. The number of benzene rings is 2. The largest absolute Gasteiger partial charge is 0.490 e. The van der Waals surface area contributed by atoms with Crippen molar-refractivity contribution in [1.29, 1.82) is 5.26 Å². The summed E-state index contributed by atoms with van der Waals surface area (Å²) in [5.41, 5.74) is 8.97. The molecule has 2 atom stereocenters. The first kappa shape index (κ1) is 23.2. The van der Waals surface area contributed by atoms with Gasteiger partial charge in [-0.3, -0.25) is 0 Å². The monoisotopic (exact) mass is 460 g/mol. The van der Waals surface area contributed by atoms with Crippen molar-refractivity contribution < 1.29 is 23.9 Å². The zero-order valence-corrected chi connectivity index (χ0v) is 19.0. The highest BCUT2D eigenvalue weighted by atomic mass is 16.5. The first-order valence-electron chi connectivity index (χ1n) is 10.8. The zero-order valence-electron chi connectivity index (χ0n) is 19.0. The number of carbonyl (C=O) groups is 1. The maximum absolute atomic E-state index is 12.2. The average molecular weight is 460 g/mol. The van der Waals surface area contributed by atoms with E-state index in [4.69, 9.17) is 19.7 Å². The topological polar surface area (TPSA) is 144 Å². The van der Waals surface area contributed by atoms with Gasteiger partial charge in [0.15, 0.2) is 0 Å². The minimum absolute atomic E-state index is 0.0614. The van der Waals surface area contributed by atoms with Gasteiger partial charge in [-0.05, 0) is 57.0 Å². The van der Waals surface area contributed by atoms with Crippen molar-refractivity contribution in [2.75, 3.05) is 0 Å². The second-order valence-electron chi connectivity index (χ2n) is 8.20. The predicted octanol–water partition coefficient (Wildman–Crippen LogP) is 3.21. The summed E-state index contributed by atoms with van der Waals surface area (Å²) < 4.78 is 16.6. The number of aromatic nitrogens is 2. The molecule has 1 aliphatic rings. The van der Waals surface area contributed by atoms with E-state index in [0.717, 1.165) is 16.7 Å². The number of aliphatic hydroxyl groups excluding tert-OH is 1. The van der Waals surface area contributed by atoms with E-state index >= 15 is 0 Å². The Bertz CT molecular complexity index is 1300. The number of fused-ring (bicyclic) bond motifs is 1. The van der Waals surface area contributed by atoms with Gasteiger partial charge in [0.25, 0.3) is 5.89 Å². The molecular weight excluding hydrogens is 436 g/mol. The van der Waals surface area contributed by atoms with Crippen molar-refractivity contribution in [3.63, 3.8) is 0 Å². The van der Waals surface area contributed by atoms with E-state index in [0.29, 0.717) is 34.9 Å². The van der Waals surface area contributed by atoms with Crippen LogP contribution in [-0.2, 0) is 16.0 Å². The molecule has 3 N–H and O–H groups in total. The SMILES string of the molecule is CC(C)Oc1ccc(-c2nc(-c3cccc4c3CC=C4OC(=O)C(N)C(C)O)no2)cc1C#N. The lowest BCUT2D eigenvalue weighted by atomic mass is 10.0. The van der Waals surface area contributed by atoms with Crippen LogP contribution < -0.4 is 10.5 Å². The van der Waals surface area contributed by atoms with Gasteiger partial charge in [-0.2, -0.15) is 10.2 Å². The third-order valence-corrected chi connectivity index (χ3v) is 5.31. The van der Waals surface area contributed by atoms with Gasteiger partial charge in [-0.15, -0.1) is 0 Å². The van der Waals surface area contributed by atoms with Crippen LogP contribution in [-0.4, -0.2) is 39.5 Å². The number of hydrogen-bond acceptors (Lipinski definition) is 9. The van der Waals surface area contributed by atoms with E-state index in [1.54, 1.807) is 30.3 Å². The van der Waals surface area contributed by atoms with Gasteiger partial charge in [0.05, 0.1) is 17.8 Å². The van der Waals surface area contributed by atoms with Gasteiger partial charge in [-0.25, -0.2) is 4.79 Å². The Morgan fingerprint density at radius 2 is 2.00 bits per heavy atom. The van der Waals surface area contributed by atoms with E-state index in [1.165, 1.54) is 6.92 Å². The van der Waals surface area contributed by atoms with Crippen LogP contribution >= 0.6 is 0 Å². The van der Waals surface area contributed by atoms with E-state index in [9.17, 15) is 15.2 Å². The Kier molecular flexibility index (Phi) is 6.45. The molecule has 0 radical (unpaired) electrons. The molecule has 1 heterocycles. The van der Waals surface area contributed by atoms with Gasteiger partial charge in [-0.1, -0.05) is 23.4 Å². The lowest BCUT2D eigenvalue weighted by Crippen LogP contribution is -2.41. The number of allylic oxidation sites excluding steroid dienone is 1. The molecule has 2 aromatic carbocycles. The Morgan fingerprint density at radius 1 is 1.24 bits per heavy atom. The fourth-order valence-corrected chi connectivity index (χ4v) is 3.58. The number of nitrogens with two attached hydrogens (primary N) is 1. The van der Waals surface area contributed by atoms with Crippen LogP contribution in [0.4, 0.5) is 0 Å². The first-order valence-corrected chi connectivity index (χ1v) is 10.8. The highest BCUT2D eigenvalue weighted by Gasteiger charge is 2.27. The van der Waals surface area contributed by atoms with Gasteiger partial charge < -0.3 is 24.8 Å². The fourth-order valence-electron chi connectivity index (χ4n) is 3.58. The molecule has 0 fully saturated rings. The van der Waals surface area contributed by atoms with Crippen LogP contribution in [0.2, 0.25) is 0 Å². The third-order valence-electron chi connectivity index (χ3n) is 5.31. The molecular formula is C25H24N4O5. The smallest absolute Gasteiger partial charge is 0.331 e. The van der Waals surface area contributed by atoms with E-state index in [1.807, 2.05) is 26.0 Å². The second kappa shape index (κ2) is 9.47. The maximum Gasteiger partial charge on any atom is 0.331 e. The number of hydrogen-bond donors (Lipinski definition) is 2. The molecule has 174 valence electrons. The summed E-state index contributed by atoms with van der Waals surface area (Å²) in [6, 6.07) is 11.6. The van der Waals surface area contributed by atoms with Crippen molar-refractivity contribution in [1.82, 2.24) is 10.1 Å². The van der Waals surface area contributed by atoms with Crippen molar-refractivity contribution in [3.8, 4) is 34.7 Å². The molecule has 0 saturated carbocycles. The second-order valence-corrected chi connectivity index (χ2v) is 8.20. The summed E-state index contributed by atoms with van der Waals surface area (Å²) in [7, 11) is 0. The molecule has 2 unspecified atom stereocenters. The number of ether oxygens (including phenoxy) is 2.